The number of fused-ring (bicyclic) bond motifs is 16. The largest absolute Gasteiger partial charge is 0.449 e. The van der Waals surface area contributed by atoms with E-state index < -0.39 is 10.8 Å². The van der Waals surface area contributed by atoms with Gasteiger partial charge in [-0.05, 0) is 126 Å². The number of anilines is 3. The molecule has 3 nitrogen and oxygen atoms in total. The Morgan fingerprint density at radius 2 is 0.746 bits per heavy atom. The summed E-state index contributed by atoms with van der Waals surface area (Å²) in [4.78, 5) is 2.37. The normalized spacial score (nSPS) is 14.1. The summed E-state index contributed by atoms with van der Waals surface area (Å²) in [5.74, 6) is 2.78. The summed E-state index contributed by atoms with van der Waals surface area (Å²) in [5, 5.41) is 0. The van der Waals surface area contributed by atoms with Gasteiger partial charge in [0.2, 0.25) is 0 Å². The zero-order valence-corrected chi connectivity index (χ0v) is 38.6. The van der Waals surface area contributed by atoms with Crippen LogP contribution in [0.5, 0.6) is 23.0 Å². The lowest BCUT2D eigenvalue weighted by atomic mass is 9.67. The van der Waals surface area contributed by atoms with Crippen molar-refractivity contribution in [1.82, 2.24) is 0 Å². The van der Waals surface area contributed by atoms with Crippen LogP contribution in [0.15, 0.2) is 261 Å². The quantitative estimate of drug-likeness (QED) is 0.166. The molecule has 0 N–H and O–H groups in total. The molecule has 11 aromatic rings. The van der Waals surface area contributed by atoms with Crippen LogP contribution in [-0.2, 0) is 10.8 Å². The molecule has 11 aromatic carbocycles. The molecule has 0 fully saturated rings. The zero-order chi connectivity index (χ0) is 46.7. The van der Waals surface area contributed by atoms with Gasteiger partial charge in [-0.3, -0.25) is 0 Å². The van der Waals surface area contributed by atoms with E-state index in [1.165, 1.54) is 72.3 Å². The first-order valence-corrected chi connectivity index (χ1v) is 24.5. The van der Waals surface area contributed by atoms with Crippen molar-refractivity contribution in [2.45, 2.75) is 10.8 Å². The number of rotatable bonds is 6. The van der Waals surface area contributed by atoms with Crippen LogP contribution in [0.1, 0.15) is 44.5 Å². The highest BCUT2D eigenvalue weighted by Crippen LogP contribution is 2.66. The molecule has 1 spiro atoms. The SMILES string of the molecule is c1ccc(-c2cccc(N(c3ccc4c(c3)Oc3ccc5c(c3O4)-c3ccccc3C53c4ccccc4-c4ccccc43)c3ccc4c(c3)C(c3ccccc3)(c3ccccc3)c3ccccc3-4)c2)cc1. The van der Waals surface area contributed by atoms with E-state index in [1.807, 2.05) is 0 Å². The van der Waals surface area contributed by atoms with Gasteiger partial charge in [-0.1, -0.05) is 212 Å². The highest BCUT2D eigenvalue weighted by molar-refractivity contribution is 5.98. The molecule has 3 aliphatic carbocycles. The minimum Gasteiger partial charge on any atom is -0.449 e. The van der Waals surface area contributed by atoms with Gasteiger partial charge in [-0.2, -0.15) is 0 Å². The standard InChI is InChI=1S/C68H43NO2/c1-4-19-44(20-5-1)45-21-18-26-48(41-45)69(49-35-37-54-53-29-10-14-31-56(53)67(61(54)42-49,46-22-6-2-7-23-46)47-24-8-3-9-25-47)50-36-39-62-64(43-50)70-63-40-38-60-65(66(63)71-62)55-30-13-17-34-59(55)68(60)57-32-15-11-27-51(57)52-28-12-16-33-58(52)68/h1-43H. The van der Waals surface area contributed by atoms with Crippen molar-refractivity contribution in [2.24, 2.45) is 0 Å². The van der Waals surface area contributed by atoms with Gasteiger partial charge < -0.3 is 14.4 Å². The van der Waals surface area contributed by atoms with Gasteiger partial charge >= 0.3 is 0 Å². The van der Waals surface area contributed by atoms with Crippen molar-refractivity contribution in [3.63, 3.8) is 0 Å². The van der Waals surface area contributed by atoms with Gasteiger partial charge in [0.1, 0.15) is 0 Å². The number of nitrogens with zero attached hydrogens (tertiary/aromatic N) is 1. The second-order valence-electron chi connectivity index (χ2n) is 19.0. The first-order valence-electron chi connectivity index (χ1n) is 24.5. The molecule has 0 amide bonds. The molecule has 71 heavy (non-hydrogen) atoms. The van der Waals surface area contributed by atoms with Crippen LogP contribution in [0.2, 0.25) is 0 Å². The maximum atomic E-state index is 7.16. The molecule has 3 heteroatoms. The monoisotopic (exact) mass is 905 g/mol. The summed E-state index contributed by atoms with van der Waals surface area (Å²) >= 11 is 0. The minimum absolute atomic E-state index is 0.480. The van der Waals surface area contributed by atoms with E-state index in [0.29, 0.717) is 17.2 Å². The van der Waals surface area contributed by atoms with Crippen LogP contribution in [-0.4, -0.2) is 0 Å². The van der Waals surface area contributed by atoms with Crippen LogP contribution in [0, 0.1) is 0 Å². The third-order valence-electron chi connectivity index (χ3n) is 15.6. The molecule has 0 unspecified atom stereocenters. The van der Waals surface area contributed by atoms with Gasteiger partial charge in [0.25, 0.3) is 0 Å². The third kappa shape index (κ3) is 5.49. The van der Waals surface area contributed by atoms with Crippen molar-refractivity contribution in [1.29, 1.82) is 0 Å². The van der Waals surface area contributed by atoms with Crippen LogP contribution in [0.4, 0.5) is 17.1 Å². The summed E-state index contributed by atoms with van der Waals surface area (Å²) in [6.07, 6.45) is 0. The van der Waals surface area contributed by atoms with Crippen molar-refractivity contribution in [3.05, 3.63) is 305 Å². The number of benzene rings is 11. The molecule has 0 radical (unpaired) electrons. The maximum absolute atomic E-state index is 7.16. The Labute approximate surface area is 413 Å². The van der Waals surface area contributed by atoms with Crippen LogP contribution in [0.25, 0.3) is 44.5 Å². The predicted octanol–water partition coefficient (Wildman–Crippen LogP) is 17.4. The van der Waals surface area contributed by atoms with Gasteiger partial charge in [0, 0.05) is 23.0 Å². The number of hydrogen-bond donors (Lipinski definition) is 0. The third-order valence-corrected chi connectivity index (χ3v) is 15.6. The molecule has 0 saturated heterocycles. The van der Waals surface area contributed by atoms with Gasteiger partial charge in [-0.25, -0.2) is 0 Å². The number of ether oxygens (including phenoxy) is 2. The van der Waals surface area contributed by atoms with E-state index >= 15 is 0 Å². The highest BCUT2D eigenvalue weighted by Gasteiger charge is 2.53. The molecule has 0 bridgehead atoms. The lowest BCUT2D eigenvalue weighted by molar-refractivity contribution is 0.360. The Hall–Kier alpha value is -9.18. The molecular formula is C68H43NO2. The van der Waals surface area contributed by atoms with E-state index in [2.05, 4.69) is 266 Å². The smallest absolute Gasteiger partial charge is 0.178 e. The first-order chi connectivity index (χ1) is 35.2. The van der Waals surface area contributed by atoms with E-state index in [4.69, 9.17) is 9.47 Å². The van der Waals surface area contributed by atoms with Gasteiger partial charge in [0.15, 0.2) is 23.0 Å². The summed E-state index contributed by atoms with van der Waals surface area (Å²) < 4.78 is 14.2. The van der Waals surface area contributed by atoms with Crippen molar-refractivity contribution in [2.75, 3.05) is 4.90 Å². The Balaban J connectivity index is 0.902. The lowest BCUT2D eigenvalue weighted by Crippen LogP contribution is -2.28. The Bertz CT molecular complexity index is 3870. The van der Waals surface area contributed by atoms with E-state index in [0.717, 1.165) is 39.5 Å². The van der Waals surface area contributed by atoms with E-state index in [1.54, 1.807) is 0 Å². The summed E-state index contributed by atoms with van der Waals surface area (Å²) in [6.45, 7) is 0. The van der Waals surface area contributed by atoms with Crippen LogP contribution >= 0.6 is 0 Å². The summed E-state index contributed by atoms with van der Waals surface area (Å²) in [6, 6.07) is 94.9. The van der Waals surface area contributed by atoms with Crippen LogP contribution < -0.4 is 14.4 Å². The van der Waals surface area contributed by atoms with Crippen molar-refractivity contribution in [3.8, 4) is 67.5 Å². The Kier molecular flexibility index (Phi) is 8.49. The molecule has 0 saturated carbocycles. The van der Waals surface area contributed by atoms with E-state index in [9.17, 15) is 0 Å². The summed E-state index contributed by atoms with van der Waals surface area (Å²) in [7, 11) is 0. The predicted molar refractivity (Wildman–Crippen MR) is 287 cm³/mol. The van der Waals surface area contributed by atoms with Gasteiger partial charge in [-0.15, -0.1) is 0 Å². The minimum atomic E-state index is -0.557. The number of hydrogen-bond acceptors (Lipinski definition) is 3. The zero-order valence-electron chi connectivity index (χ0n) is 38.6. The summed E-state index contributed by atoms with van der Waals surface area (Å²) in [5.41, 5.74) is 21.6. The average Bonchev–Trinajstić information content (AvgIpc) is 4.04. The van der Waals surface area contributed by atoms with Gasteiger partial charge in [0.05, 0.1) is 16.5 Å². The van der Waals surface area contributed by atoms with Crippen molar-refractivity contribution >= 4 is 17.1 Å². The topological polar surface area (TPSA) is 21.7 Å². The Morgan fingerprint density at radius 1 is 0.268 bits per heavy atom. The molecule has 4 aliphatic rings. The molecule has 1 aliphatic heterocycles. The molecule has 1 heterocycles. The molecule has 332 valence electrons. The fraction of sp³-hybridized carbons (Fsp3) is 0.0294. The molecular weight excluding hydrogens is 863 g/mol. The highest BCUT2D eigenvalue weighted by atomic mass is 16.6. The fourth-order valence-corrected chi connectivity index (χ4v) is 12.8. The fourth-order valence-electron chi connectivity index (χ4n) is 12.8. The van der Waals surface area contributed by atoms with E-state index in [-0.39, 0.29) is 0 Å². The lowest BCUT2D eigenvalue weighted by Gasteiger charge is -2.35. The Morgan fingerprint density at radius 3 is 1.39 bits per heavy atom. The molecule has 0 aromatic heterocycles. The molecule has 0 atom stereocenters. The molecule has 15 rings (SSSR count). The second kappa shape index (κ2) is 15.2. The van der Waals surface area contributed by atoms with Crippen molar-refractivity contribution < 1.29 is 9.47 Å². The second-order valence-corrected chi connectivity index (χ2v) is 19.0. The maximum Gasteiger partial charge on any atom is 0.178 e. The van der Waals surface area contributed by atoms with Crippen LogP contribution in [0.3, 0.4) is 0 Å². The first kappa shape index (κ1) is 39.8. The average molecular weight is 906 g/mol.